The van der Waals surface area contributed by atoms with Crippen molar-refractivity contribution in [1.29, 1.82) is 0 Å². The third-order valence-electron chi connectivity index (χ3n) is 2.66. The lowest BCUT2D eigenvalue weighted by atomic mass is 10.1. The van der Waals surface area contributed by atoms with Crippen LogP contribution in [0.1, 0.15) is 5.69 Å². The van der Waals surface area contributed by atoms with Gasteiger partial charge in [0.2, 0.25) is 0 Å². The Bertz CT molecular complexity index is 656. The van der Waals surface area contributed by atoms with Crippen LogP contribution < -0.4 is 4.74 Å². The van der Waals surface area contributed by atoms with Crippen molar-refractivity contribution in [1.82, 2.24) is 15.1 Å². The third kappa shape index (κ3) is 1.56. The molecule has 0 aliphatic heterocycles. The van der Waals surface area contributed by atoms with Crippen LogP contribution in [-0.4, -0.2) is 22.2 Å². The molecule has 0 fully saturated rings. The fourth-order valence-electron chi connectivity index (χ4n) is 1.94. The van der Waals surface area contributed by atoms with E-state index >= 15 is 0 Å². The molecule has 0 amide bonds. The van der Waals surface area contributed by atoms with Gasteiger partial charge in [-0.25, -0.2) is 0 Å². The Hall–Kier alpha value is -2.30. The highest BCUT2D eigenvalue weighted by Gasteiger charge is 2.11. The second-order valence-corrected chi connectivity index (χ2v) is 3.84. The summed E-state index contributed by atoms with van der Waals surface area (Å²) in [6.07, 6.45) is 1.38. The predicted octanol–water partition coefficient (Wildman–Crippen LogP) is 2.53. The standard InChI is InChI=1S/C12H11N3O2/c1-7-3-8-4-9(12-13-6-14-17-12)5-10(16-2)11(8)15-7/h3-6,15H,1-2H3. The van der Waals surface area contributed by atoms with Crippen LogP contribution in [0.25, 0.3) is 22.4 Å². The van der Waals surface area contributed by atoms with Gasteiger partial charge in [-0.2, -0.15) is 4.98 Å². The molecule has 5 nitrogen and oxygen atoms in total. The molecule has 3 rings (SSSR count). The second kappa shape index (κ2) is 3.62. The van der Waals surface area contributed by atoms with Gasteiger partial charge in [-0.15, -0.1) is 0 Å². The Morgan fingerprint density at radius 1 is 1.29 bits per heavy atom. The number of nitrogens with one attached hydrogen (secondary N) is 1. The van der Waals surface area contributed by atoms with Gasteiger partial charge in [-0.05, 0) is 25.1 Å². The molecule has 3 aromatic rings. The fourth-order valence-corrected chi connectivity index (χ4v) is 1.94. The molecule has 0 saturated heterocycles. The van der Waals surface area contributed by atoms with E-state index in [1.165, 1.54) is 6.33 Å². The van der Waals surface area contributed by atoms with Crippen LogP contribution in [0, 0.1) is 6.92 Å². The average molecular weight is 229 g/mol. The maximum absolute atomic E-state index is 5.36. The number of hydrogen-bond acceptors (Lipinski definition) is 4. The highest BCUT2D eigenvalue weighted by Crippen LogP contribution is 2.31. The highest BCUT2D eigenvalue weighted by molar-refractivity contribution is 5.90. The van der Waals surface area contributed by atoms with Crippen molar-refractivity contribution in [2.75, 3.05) is 7.11 Å². The molecule has 86 valence electrons. The molecule has 17 heavy (non-hydrogen) atoms. The summed E-state index contributed by atoms with van der Waals surface area (Å²) in [7, 11) is 1.64. The Balaban J connectivity index is 2.28. The Morgan fingerprint density at radius 3 is 2.88 bits per heavy atom. The van der Waals surface area contributed by atoms with Crippen molar-refractivity contribution < 1.29 is 9.26 Å². The van der Waals surface area contributed by atoms with Crippen LogP contribution in [0.4, 0.5) is 0 Å². The molecule has 0 radical (unpaired) electrons. The van der Waals surface area contributed by atoms with Crippen molar-refractivity contribution in [2.45, 2.75) is 6.92 Å². The largest absolute Gasteiger partial charge is 0.495 e. The SMILES string of the molecule is COc1cc(-c2ncno2)cc2cc(C)[nH]c12. The zero-order chi connectivity index (χ0) is 11.8. The first kappa shape index (κ1) is 9.89. The summed E-state index contributed by atoms with van der Waals surface area (Å²) in [5.41, 5.74) is 2.92. The topological polar surface area (TPSA) is 63.9 Å². The molecule has 1 N–H and O–H groups in total. The number of H-pyrrole nitrogens is 1. The van der Waals surface area contributed by atoms with Crippen molar-refractivity contribution in [2.24, 2.45) is 0 Å². The molecule has 2 aromatic heterocycles. The van der Waals surface area contributed by atoms with Gasteiger partial charge in [-0.1, -0.05) is 5.16 Å². The third-order valence-corrected chi connectivity index (χ3v) is 2.66. The van der Waals surface area contributed by atoms with Crippen molar-refractivity contribution in [3.8, 4) is 17.2 Å². The number of hydrogen-bond donors (Lipinski definition) is 1. The Kier molecular flexibility index (Phi) is 2.11. The minimum atomic E-state index is 0.490. The summed E-state index contributed by atoms with van der Waals surface area (Å²) in [5.74, 6) is 1.26. The van der Waals surface area contributed by atoms with E-state index < -0.39 is 0 Å². The summed E-state index contributed by atoms with van der Waals surface area (Å²) in [4.78, 5) is 7.29. The second-order valence-electron chi connectivity index (χ2n) is 3.84. The lowest BCUT2D eigenvalue weighted by molar-refractivity contribution is 0.417. The number of methoxy groups -OCH3 is 1. The minimum absolute atomic E-state index is 0.490. The number of rotatable bonds is 2. The molecule has 0 spiro atoms. The molecule has 0 bridgehead atoms. The van der Waals surface area contributed by atoms with Gasteiger partial charge in [0.25, 0.3) is 5.89 Å². The van der Waals surface area contributed by atoms with E-state index in [-0.39, 0.29) is 0 Å². The van der Waals surface area contributed by atoms with Gasteiger partial charge in [0.05, 0.1) is 12.6 Å². The lowest BCUT2D eigenvalue weighted by Crippen LogP contribution is -1.86. The number of aromatic nitrogens is 3. The van der Waals surface area contributed by atoms with E-state index in [0.29, 0.717) is 5.89 Å². The van der Waals surface area contributed by atoms with Gasteiger partial charge >= 0.3 is 0 Å². The van der Waals surface area contributed by atoms with E-state index in [9.17, 15) is 0 Å². The molecule has 0 unspecified atom stereocenters. The Morgan fingerprint density at radius 2 is 2.18 bits per heavy atom. The normalized spacial score (nSPS) is 10.9. The highest BCUT2D eigenvalue weighted by atomic mass is 16.5. The first-order chi connectivity index (χ1) is 8.28. The van der Waals surface area contributed by atoms with E-state index in [2.05, 4.69) is 21.2 Å². The molecule has 0 aliphatic rings. The van der Waals surface area contributed by atoms with E-state index in [1.807, 2.05) is 19.1 Å². The maximum atomic E-state index is 5.36. The smallest absolute Gasteiger partial charge is 0.257 e. The van der Waals surface area contributed by atoms with Crippen LogP contribution in [0.5, 0.6) is 5.75 Å². The summed E-state index contributed by atoms with van der Waals surface area (Å²) in [6.45, 7) is 2.01. The fraction of sp³-hybridized carbons (Fsp3) is 0.167. The van der Waals surface area contributed by atoms with E-state index in [0.717, 1.165) is 27.9 Å². The first-order valence-electron chi connectivity index (χ1n) is 5.22. The van der Waals surface area contributed by atoms with E-state index in [1.54, 1.807) is 7.11 Å². The summed E-state index contributed by atoms with van der Waals surface area (Å²) < 4.78 is 10.4. The molecule has 0 aliphatic carbocycles. The van der Waals surface area contributed by atoms with Crippen molar-refractivity contribution in [3.05, 3.63) is 30.2 Å². The lowest BCUT2D eigenvalue weighted by Gasteiger charge is -2.03. The van der Waals surface area contributed by atoms with Crippen molar-refractivity contribution in [3.63, 3.8) is 0 Å². The first-order valence-corrected chi connectivity index (χ1v) is 5.22. The number of aromatic amines is 1. The number of aryl methyl sites for hydroxylation is 1. The van der Waals surface area contributed by atoms with E-state index in [4.69, 9.17) is 9.26 Å². The van der Waals surface area contributed by atoms with Gasteiger partial charge in [0, 0.05) is 16.6 Å². The molecule has 5 heteroatoms. The quantitative estimate of drug-likeness (QED) is 0.733. The van der Waals surface area contributed by atoms with Gasteiger partial charge in [-0.3, -0.25) is 0 Å². The molecule has 0 atom stereocenters. The summed E-state index contributed by atoms with van der Waals surface area (Å²) in [6, 6.07) is 5.93. The van der Waals surface area contributed by atoms with Crippen LogP contribution in [0.15, 0.2) is 29.0 Å². The van der Waals surface area contributed by atoms with Gasteiger partial charge in [0.1, 0.15) is 5.75 Å². The predicted molar refractivity (Wildman–Crippen MR) is 62.9 cm³/mol. The summed E-state index contributed by atoms with van der Waals surface area (Å²) >= 11 is 0. The maximum Gasteiger partial charge on any atom is 0.257 e. The number of benzene rings is 1. The molecule has 0 saturated carbocycles. The zero-order valence-electron chi connectivity index (χ0n) is 9.52. The number of ether oxygens (including phenoxy) is 1. The monoisotopic (exact) mass is 229 g/mol. The van der Waals surface area contributed by atoms with Crippen LogP contribution in [0.3, 0.4) is 0 Å². The Labute approximate surface area is 97.4 Å². The molecule has 2 heterocycles. The van der Waals surface area contributed by atoms with Crippen molar-refractivity contribution >= 4 is 10.9 Å². The van der Waals surface area contributed by atoms with Gasteiger partial charge < -0.3 is 14.2 Å². The van der Waals surface area contributed by atoms with Gasteiger partial charge in [0.15, 0.2) is 6.33 Å². The number of nitrogens with zero attached hydrogens (tertiary/aromatic N) is 2. The molecular formula is C12H11N3O2. The van der Waals surface area contributed by atoms with Crippen LogP contribution in [0.2, 0.25) is 0 Å². The number of fused-ring (bicyclic) bond motifs is 1. The minimum Gasteiger partial charge on any atom is -0.495 e. The molecule has 1 aromatic carbocycles. The average Bonchev–Trinajstić information content (AvgIpc) is 2.94. The zero-order valence-corrected chi connectivity index (χ0v) is 9.52. The molecular weight excluding hydrogens is 218 g/mol. The summed E-state index contributed by atoms with van der Waals surface area (Å²) in [5, 5.41) is 4.67. The van der Waals surface area contributed by atoms with Crippen LogP contribution in [-0.2, 0) is 0 Å². The van der Waals surface area contributed by atoms with Crippen LogP contribution >= 0.6 is 0 Å².